The Hall–Kier alpha value is 0.756. The second kappa shape index (κ2) is 10.7. The Labute approximate surface area is 145 Å². The Balaban J connectivity index is 0. The molecule has 0 fully saturated rings. The monoisotopic (exact) mass is 288 g/mol. The summed E-state index contributed by atoms with van der Waals surface area (Å²) in [5.74, 6) is -0.789. The fourth-order valence-electron chi connectivity index (χ4n) is 1.19. The Bertz CT molecular complexity index is 326. The molecule has 0 aliphatic carbocycles. The van der Waals surface area contributed by atoms with Gasteiger partial charge in [-0.2, -0.15) is 0 Å². The molecule has 17 heavy (non-hydrogen) atoms. The quantitative estimate of drug-likeness (QED) is 0.173. The van der Waals surface area contributed by atoms with Crippen molar-refractivity contribution in [1.29, 1.82) is 0 Å². The van der Waals surface area contributed by atoms with E-state index in [-0.39, 0.29) is 63.2 Å². The van der Waals surface area contributed by atoms with Gasteiger partial charge in [-0.15, -0.1) is 0 Å². The molecule has 1 unspecified atom stereocenters. The minimum absolute atomic E-state index is 0. The van der Waals surface area contributed by atoms with Gasteiger partial charge in [0.1, 0.15) is 0 Å². The van der Waals surface area contributed by atoms with Crippen molar-refractivity contribution < 1.29 is 73.9 Å². The fourth-order valence-corrected chi connectivity index (χ4v) is 1.75. The minimum Gasteiger partial charge on any atom is -0.748 e. The Morgan fingerprint density at radius 3 is 2.47 bits per heavy atom. The molecule has 0 aromatic heterocycles. The van der Waals surface area contributed by atoms with E-state index in [1.165, 1.54) is 0 Å². The van der Waals surface area contributed by atoms with Gasteiger partial charge in [-0.1, -0.05) is 13.0 Å². The summed E-state index contributed by atoms with van der Waals surface area (Å²) in [6.07, 6.45) is 3.25. The molecule has 0 radical (unpaired) electrons. The molecule has 0 bridgehead atoms. The molecular weight excluding hydrogens is 271 g/mol. The van der Waals surface area contributed by atoms with E-state index in [9.17, 15) is 17.8 Å². The van der Waals surface area contributed by atoms with E-state index < -0.39 is 16.1 Å². The van der Waals surface area contributed by atoms with Gasteiger partial charge in [0.25, 0.3) is 0 Å². The molecule has 94 valence electrons. The first-order valence-corrected chi connectivity index (χ1v) is 6.69. The molecule has 0 N–H and O–H groups in total. The van der Waals surface area contributed by atoms with E-state index in [0.717, 1.165) is 12.5 Å². The molecule has 0 saturated carbocycles. The smallest absolute Gasteiger partial charge is 0.748 e. The molecule has 0 aromatic rings. The van der Waals surface area contributed by atoms with Gasteiger partial charge in [0.2, 0.25) is 0 Å². The fraction of sp³-hybridized carbons (Fsp3) is 0.700. The largest absolute Gasteiger partial charge is 1.00 e. The van der Waals surface area contributed by atoms with Crippen molar-refractivity contribution in [3.63, 3.8) is 0 Å². The summed E-state index contributed by atoms with van der Waals surface area (Å²) in [4.78, 5) is 10.8. The molecule has 0 spiro atoms. The van der Waals surface area contributed by atoms with Crippen LogP contribution in [0.3, 0.4) is 0 Å². The molecule has 0 saturated heterocycles. The van der Waals surface area contributed by atoms with Crippen LogP contribution in [-0.4, -0.2) is 30.8 Å². The molecule has 0 rings (SSSR count). The molecule has 0 aliphatic rings. The first-order valence-electron chi connectivity index (χ1n) is 5.12. The standard InChI is InChI=1S/C10H18O5S.K/c1-3-10(11)15-9(2)7-5-4-6-8-16(12,13)14;/h3,9H,1,4-8H2,2H3,(H,12,13,14);/q;+1/p-1. The minimum atomic E-state index is -4.10. The number of ether oxygens (including phenoxy) is 1. The zero-order valence-corrected chi connectivity index (χ0v) is 14.3. The Kier molecular flexibility index (Phi) is 12.6. The van der Waals surface area contributed by atoms with Crippen molar-refractivity contribution in [2.75, 3.05) is 5.75 Å². The second-order valence-corrected chi connectivity index (χ2v) is 5.09. The van der Waals surface area contributed by atoms with Crippen molar-refractivity contribution in [2.24, 2.45) is 0 Å². The summed E-state index contributed by atoms with van der Waals surface area (Å²) in [5, 5.41) is 0. The summed E-state index contributed by atoms with van der Waals surface area (Å²) >= 11 is 0. The molecule has 0 aliphatic heterocycles. The van der Waals surface area contributed by atoms with E-state index in [1.54, 1.807) is 6.92 Å². The molecule has 0 amide bonds. The summed E-state index contributed by atoms with van der Waals surface area (Å²) in [6.45, 7) is 5.03. The van der Waals surface area contributed by atoms with Crippen molar-refractivity contribution >= 4 is 16.1 Å². The molecule has 1 atom stereocenters. The number of esters is 1. The third kappa shape index (κ3) is 14.7. The van der Waals surface area contributed by atoms with Crippen LogP contribution in [0.1, 0.15) is 32.6 Å². The number of unbranched alkanes of at least 4 members (excludes halogenated alkanes) is 2. The predicted molar refractivity (Wildman–Crippen MR) is 58.8 cm³/mol. The summed E-state index contributed by atoms with van der Waals surface area (Å²) < 4.78 is 35.7. The molecule has 0 heterocycles. The molecule has 5 nitrogen and oxygen atoms in total. The topological polar surface area (TPSA) is 83.5 Å². The Morgan fingerprint density at radius 1 is 1.41 bits per heavy atom. The molecule has 0 aromatic carbocycles. The third-order valence-corrected chi connectivity index (χ3v) is 2.78. The number of carbonyl (C=O) groups is 1. The van der Waals surface area contributed by atoms with Gasteiger partial charge in [-0.3, -0.25) is 0 Å². The van der Waals surface area contributed by atoms with Crippen molar-refractivity contribution in [2.45, 2.75) is 38.7 Å². The SMILES string of the molecule is C=CC(=O)OC(C)CCCCCS(=O)(=O)[O-].[K+]. The third-order valence-electron chi connectivity index (χ3n) is 1.99. The number of rotatable bonds is 8. The van der Waals surface area contributed by atoms with Gasteiger partial charge in [0, 0.05) is 11.8 Å². The van der Waals surface area contributed by atoms with Crippen LogP contribution < -0.4 is 51.4 Å². The van der Waals surface area contributed by atoms with Crippen LogP contribution >= 0.6 is 0 Å². The van der Waals surface area contributed by atoms with Gasteiger partial charge in [-0.05, 0) is 26.2 Å². The number of hydrogen-bond donors (Lipinski definition) is 0. The number of hydrogen-bond acceptors (Lipinski definition) is 5. The van der Waals surface area contributed by atoms with Crippen LogP contribution in [-0.2, 0) is 19.6 Å². The number of carbonyl (C=O) groups excluding carboxylic acids is 1. The average Bonchev–Trinajstić information content (AvgIpc) is 2.15. The second-order valence-electron chi connectivity index (χ2n) is 3.56. The maximum absolute atomic E-state index is 10.8. The van der Waals surface area contributed by atoms with Crippen molar-refractivity contribution in [1.82, 2.24) is 0 Å². The van der Waals surface area contributed by atoms with Gasteiger partial charge < -0.3 is 9.29 Å². The molecular formula is C10H17KO5S. The van der Waals surface area contributed by atoms with Gasteiger partial charge in [0.15, 0.2) is 0 Å². The maximum atomic E-state index is 10.8. The molecule has 7 heteroatoms. The van der Waals surface area contributed by atoms with E-state index in [2.05, 4.69) is 6.58 Å². The zero-order valence-electron chi connectivity index (χ0n) is 10.3. The van der Waals surface area contributed by atoms with E-state index >= 15 is 0 Å². The normalized spacial score (nSPS) is 12.4. The first-order chi connectivity index (χ1) is 7.35. The van der Waals surface area contributed by atoms with Gasteiger partial charge in [-0.25, -0.2) is 13.2 Å². The van der Waals surface area contributed by atoms with Crippen LogP contribution in [0.2, 0.25) is 0 Å². The van der Waals surface area contributed by atoms with Crippen molar-refractivity contribution in [3.05, 3.63) is 12.7 Å². The zero-order chi connectivity index (χ0) is 12.6. The van der Waals surface area contributed by atoms with E-state index in [1.807, 2.05) is 0 Å². The van der Waals surface area contributed by atoms with E-state index in [4.69, 9.17) is 4.74 Å². The first kappa shape index (κ1) is 20.1. The van der Waals surface area contributed by atoms with Crippen LogP contribution in [0, 0.1) is 0 Å². The summed E-state index contributed by atoms with van der Waals surface area (Å²) in [5.41, 5.74) is 0. The maximum Gasteiger partial charge on any atom is 1.00 e. The van der Waals surface area contributed by atoms with Gasteiger partial charge >= 0.3 is 57.4 Å². The van der Waals surface area contributed by atoms with Gasteiger partial charge in [0.05, 0.1) is 16.2 Å². The van der Waals surface area contributed by atoms with E-state index in [0.29, 0.717) is 19.3 Å². The Morgan fingerprint density at radius 2 is 2.00 bits per heavy atom. The van der Waals surface area contributed by atoms with Crippen LogP contribution in [0.4, 0.5) is 0 Å². The van der Waals surface area contributed by atoms with Crippen LogP contribution in [0.5, 0.6) is 0 Å². The van der Waals surface area contributed by atoms with Crippen molar-refractivity contribution in [3.8, 4) is 0 Å². The summed E-state index contributed by atoms with van der Waals surface area (Å²) in [7, 11) is -4.10. The summed E-state index contributed by atoms with van der Waals surface area (Å²) in [6, 6.07) is 0. The van der Waals surface area contributed by atoms with Crippen LogP contribution in [0.15, 0.2) is 12.7 Å². The van der Waals surface area contributed by atoms with Crippen LogP contribution in [0.25, 0.3) is 0 Å². The predicted octanol–water partition coefficient (Wildman–Crippen LogP) is -1.79. The average molecular weight is 288 g/mol.